The van der Waals surface area contributed by atoms with Gasteiger partial charge in [-0.15, -0.1) is 0 Å². The molecule has 23 heavy (non-hydrogen) atoms. The molecule has 0 radical (unpaired) electrons. The van der Waals surface area contributed by atoms with E-state index in [4.69, 9.17) is 9.15 Å². The number of carbonyl (C=O) groups is 2. The number of benzene rings is 2. The minimum Gasteiger partial charge on any atom is -0.467 e. The molecule has 1 N–H and O–H groups in total. The van der Waals surface area contributed by atoms with E-state index in [0.29, 0.717) is 6.42 Å². The van der Waals surface area contributed by atoms with E-state index in [1.54, 1.807) is 0 Å². The van der Waals surface area contributed by atoms with Crippen LogP contribution in [0.5, 0.6) is 0 Å². The van der Waals surface area contributed by atoms with E-state index in [9.17, 15) is 9.59 Å². The molecule has 3 aromatic rings. The summed E-state index contributed by atoms with van der Waals surface area (Å²) < 4.78 is 10.6. The van der Waals surface area contributed by atoms with Gasteiger partial charge in [0.15, 0.2) is 0 Å². The van der Waals surface area contributed by atoms with Gasteiger partial charge >= 0.3 is 5.97 Å². The first-order valence-electron chi connectivity index (χ1n) is 7.33. The standard InChI is InChI=1S/C18H17NO4/c1-11(20)19-15(18(21)22-2)9-12-7-8-14-13-5-3-4-6-16(13)23-17(14)10-12/h3-8,10,15H,9H2,1-2H3,(H,19,20)/t15-/m1/s1. The SMILES string of the molecule is COC(=O)[C@@H](Cc1ccc2c(c1)oc1ccccc12)NC(C)=O. The Balaban J connectivity index is 1.94. The van der Waals surface area contributed by atoms with Crippen LogP contribution in [0.3, 0.4) is 0 Å². The Morgan fingerprint density at radius 3 is 2.61 bits per heavy atom. The zero-order valence-electron chi connectivity index (χ0n) is 13.0. The van der Waals surface area contributed by atoms with Gasteiger partial charge in [-0.1, -0.05) is 30.3 Å². The number of rotatable bonds is 4. The van der Waals surface area contributed by atoms with Crippen LogP contribution in [-0.4, -0.2) is 25.0 Å². The third kappa shape index (κ3) is 3.04. The fraction of sp³-hybridized carbons (Fsp3) is 0.222. The van der Waals surface area contributed by atoms with Gasteiger partial charge in [0, 0.05) is 24.1 Å². The van der Waals surface area contributed by atoms with Gasteiger partial charge in [-0.05, 0) is 17.7 Å². The van der Waals surface area contributed by atoms with Crippen molar-refractivity contribution < 1.29 is 18.7 Å². The van der Waals surface area contributed by atoms with Crippen LogP contribution in [0.1, 0.15) is 12.5 Å². The highest BCUT2D eigenvalue weighted by molar-refractivity contribution is 6.04. The Hall–Kier alpha value is -2.82. The number of furan rings is 1. The second-order valence-electron chi connectivity index (χ2n) is 5.41. The number of nitrogens with one attached hydrogen (secondary N) is 1. The average Bonchev–Trinajstić information content (AvgIpc) is 2.90. The Bertz CT molecular complexity index is 881. The predicted octanol–water partition coefficient (Wildman–Crippen LogP) is 2.81. The van der Waals surface area contributed by atoms with Crippen molar-refractivity contribution in [1.82, 2.24) is 5.32 Å². The molecule has 2 aromatic carbocycles. The van der Waals surface area contributed by atoms with Crippen LogP contribution in [0.4, 0.5) is 0 Å². The zero-order chi connectivity index (χ0) is 16.4. The lowest BCUT2D eigenvalue weighted by molar-refractivity contribution is -0.144. The van der Waals surface area contributed by atoms with Gasteiger partial charge in [-0.25, -0.2) is 4.79 Å². The highest BCUT2D eigenvalue weighted by Crippen LogP contribution is 2.29. The van der Waals surface area contributed by atoms with Crippen LogP contribution in [0.2, 0.25) is 0 Å². The fourth-order valence-electron chi connectivity index (χ4n) is 2.71. The number of carbonyl (C=O) groups excluding carboxylic acids is 2. The minimum absolute atomic E-state index is 0.273. The Morgan fingerprint density at radius 2 is 1.87 bits per heavy atom. The van der Waals surface area contributed by atoms with E-state index >= 15 is 0 Å². The molecule has 1 heterocycles. The maximum Gasteiger partial charge on any atom is 0.328 e. The van der Waals surface area contributed by atoms with Gasteiger partial charge in [0.2, 0.25) is 5.91 Å². The van der Waals surface area contributed by atoms with Crippen molar-refractivity contribution >= 4 is 33.8 Å². The molecule has 1 amide bonds. The highest BCUT2D eigenvalue weighted by atomic mass is 16.5. The van der Waals surface area contributed by atoms with Gasteiger partial charge in [0.05, 0.1) is 7.11 Å². The Labute approximate surface area is 133 Å². The van der Waals surface area contributed by atoms with Crippen molar-refractivity contribution in [3.8, 4) is 0 Å². The molecular formula is C18H17NO4. The van der Waals surface area contributed by atoms with Crippen molar-refractivity contribution in [2.24, 2.45) is 0 Å². The minimum atomic E-state index is -0.709. The Kier molecular flexibility index (Phi) is 4.02. The van der Waals surface area contributed by atoms with Gasteiger partial charge in [0.25, 0.3) is 0 Å². The van der Waals surface area contributed by atoms with Crippen LogP contribution in [0, 0.1) is 0 Å². The molecule has 1 atom stereocenters. The van der Waals surface area contributed by atoms with Crippen LogP contribution in [0.25, 0.3) is 21.9 Å². The molecule has 5 nitrogen and oxygen atoms in total. The summed E-state index contributed by atoms with van der Waals surface area (Å²) >= 11 is 0. The fourth-order valence-corrected chi connectivity index (χ4v) is 2.71. The maximum atomic E-state index is 11.8. The average molecular weight is 311 g/mol. The molecule has 0 fully saturated rings. The molecule has 0 saturated carbocycles. The van der Waals surface area contributed by atoms with Crippen LogP contribution >= 0.6 is 0 Å². The van der Waals surface area contributed by atoms with E-state index in [2.05, 4.69) is 5.32 Å². The van der Waals surface area contributed by atoms with E-state index in [0.717, 1.165) is 27.5 Å². The third-order valence-corrected chi connectivity index (χ3v) is 3.75. The number of amides is 1. The molecule has 0 spiro atoms. The maximum absolute atomic E-state index is 11.8. The molecule has 5 heteroatoms. The molecule has 0 aliphatic rings. The summed E-state index contributed by atoms with van der Waals surface area (Å²) in [6, 6.07) is 12.9. The van der Waals surface area contributed by atoms with Gasteiger partial charge < -0.3 is 14.5 Å². The third-order valence-electron chi connectivity index (χ3n) is 3.75. The van der Waals surface area contributed by atoms with Crippen molar-refractivity contribution in [2.45, 2.75) is 19.4 Å². The molecule has 0 bridgehead atoms. The van der Waals surface area contributed by atoms with Gasteiger partial charge in [0.1, 0.15) is 17.2 Å². The van der Waals surface area contributed by atoms with Crippen molar-refractivity contribution in [3.63, 3.8) is 0 Å². The molecule has 118 valence electrons. The van der Waals surface area contributed by atoms with Crippen LogP contribution in [0.15, 0.2) is 46.9 Å². The Morgan fingerprint density at radius 1 is 1.13 bits per heavy atom. The zero-order valence-corrected chi connectivity index (χ0v) is 13.0. The van der Waals surface area contributed by atoms with Crippen LogP contribution in [-0.2, 0) is 20.7 Å². The normalized spacial score (nSPS) is 12.3. The van der Waals surface area contributed by atoms with Crippen molar-refractivity contribution in [2.75, 3.05) is 7.11 Å². The lowest BCUT2D eigenvalue weighted by atomic mass is 10.0. The number of hydrogen-bond donors (Lipinski definition) is 1. The second kappa shape index (κ2) is 6.12. The van der Waals surface area contributed by atoms with Crippen LogP contribution < -0.4 is 5.32 Å². The summed E-state index contributed by atoms with van der Waals surface area (Å²) in [6.07, 6.45) is 0.346. The first-order valence-corrected chi connectivity index (χ1v) is 7.33. The number of esters is 1. The van der Waals surface area contributed by atoms with Gasteiger partial charge in [-0.3, -0.25) is 4.79 Å². The first kappa shape index (κ1) is 15.1. The molecule has 0 unspecified atom stereocenters. The number of para-hydroxylation sites is 1. The highest BCUT2D eigenvalue weighted by Gasteiger charge is 2.21. The summed E-state index contributed by atoms with van der Waals surface area (Å²) in [5.41, 5.74) is 2.47. The summed E-state index contributed by atoms with van der Waals surface area (Å²) in [5, 5.41) is 4.69. The second-order valence-corrected chi connectivity index (χ2v) is 5.41. The molecular weight excluding hydrogens is 294 g/mol. The summed E-state index contributed by atoms with van der Waals surface area (Å²) in [7, 11) is 1.31. The molecule has 0 aliphatic carbocycles. The number of hydrogen-bond acceptors (Lipinski definition) is 4. The molecule has 0 saturated heterocycles. The molecule has 0 aliphatic heterocycles. The van der Waals surface area contributed by atoms with E-state index in [-0.39, 0.29) is 5.91 Å². The van der Waals surface area contributed by atoms with E-state index in [1.165, 1.54) is 14.0 Å². The van der Waals surface area contributed by atoms with Crippen molar-refractivity contribution in [3.05, 3.63) is 48.0 Å². The monoisotopic (exact) mass is 311 g/mol. The lowest BCUT2D eigenvalue weighted by Gasteiger charge is -2.15. The van der Waals surface area contributed by atoms with E-state index < -0.39 is 12.0 Å². The lowest BCUT2D eigenvalue weighted by Crippen LogP contribution is -2.41. The first-order chi connectivity index (χ1) is 11.1. The molecule has 3 rings (SSSR count). The summed E-state index contributed by atoms with van der Waals surface area (Å²) in [5.74, 6) is -0.741. The number of fused-ring (bicyclic) bond motifs is 3. The quantitative estimate of drug-likeness (QED) is 0.752. The predicted molar refractivity (Wildman–Crippen MR) is 87.0 cm³/mol. The number of methoxy groups -OCH3 is 1. The smallest absolute Gasteiger partial charge is 0.328 e. The van der Waals surface area contributed by atoms with E-state index in [1.807, 2.05) is 42.5 Å². The topological polar surface area (TPSA) is 68.5 Å². The number of ether oxygens (including phenoxy) is 1. The van der Waals surface area contributed by atoms with Gasteiger partial charge in [-0.2, -0.15) is 0 Å². The molecule has 1 aromatic heterocycles. The summed E-state index contributed by atoms with van der Waals surface area (Å²) in [4.78, 5) is 23.1. The largest absolute Gasteiger partial charge is 0.467 e. The summed E-state index contributed by atoms with van der Waals surface area (Å²) in [6.45, 7) is 1.37. The van der Waals surface area contributed by atoms with Crippen molar-refractivity contribution in [1.29, 1.82) is 0 Å².